The molecule has 0 radical (unpaired) electrons. The zero-order valence-corrected chi connectivity index (χ0v) is 12.3. The van der Waals surface area contributed by atoms with Gasteiger partial charge in [-0.1, -0.05) is 37.6 Å². The Morgan fingerprint density at radius 2 is 1.89 bits per heavy atom. The van der Waals surface area contributed by atoms with Gasteiger partial charge in [0.25, 0.3) is 0 Å². The summed E-state index contributed by atoms with van der Waals surface area (Å²) in [5.41, 5.74) is 1.26. The lowest BCUT2D eigenvalue weighted by molar-refractivity contribution is -0.137. The molecule has 106 valence electrons. The number of benzene rings is 1. The third kappa shape index (κ3) is 7.19. The number of rotatable bonds is 8. The summed E-state index contributed by atoms with van der Waals surface area (Å²) in [6, 6.07) is 7.78. The highest BCUT2D eigenvalue weighted by molar-refractivity contribution is 6.30. The number of aliphatic carboxylic acids is 1. The first kappa shape index (κ1) is 16.0. The van der Waals surface area contributed by atoms with E-state index in [1.165, 1.54) is 5.56 Å². The molecular formula is C15H22ClNO2. The molecule has 1 rings (SSSR count). The summed E-state index contributed by atoms with van der Waals surface area (Å²) in [7, 11) is 0. The highest BCUT2D eigenvalue weighted by Gasteiger charge is 2.18. The second kappa shape index (κ2) is 7.51. The standard InChI is InChI=1S/C15H22ClNO2/c1-15(2,8-7-14(18)19)9-10-17-11-12-3-5-13(16)6-4-12/h3-6,17H,7-11H2,1-2H3,(H,18,19). The smallest absolute Gasteiger partial charge is 0.303 e. The van der Waals surface area contributed by atoms with Gasteiger partial charge < -0.3 is 10.4 Å². The molecule has 0 heterocycles. The summed E-state index contributed by atoms with van der Waals surface area (Å²) in [4.78, 5) is 10.6. The zero-order valence-electron chi connectivity index (χ0n) is 11.6. The Bertz CT molecular complexity index is 401. The van der Waals surface area contributed by atoms with E-state index in [1.807, 2.05) is 24.3 Å². The van der Waals surface area contributed by atoms with Gasteiger partial charge in [0.2, 0.25) is 0 Å². The minimum atomic E-state index is -0.720. The number of hydrogen-bond acceptors (Lipinski definition) is 2. The number of halogens is 1. The molecule has 2 N–H and O–H groups in total. The van der Waals surface area contributed by atoms with Crippen molar-refractivity contribution in [2.45, 2.75) is 39.7 Å². The Morgan fingerprint density at radius 1 is 1.26 bits per heavy atom. The van der Waals surface area contributed by atoms with Crippen LogP contribution in [0.2, 0.25) is 5.02 Å². The highest BCUT2D eigenvalue weighted by Crippen LogP contribution is 2.26. The number of carboxylic acids is 1. The van der Waals surface area contributed by atoms with Gasteiger partial charge in [0.1, 0.15) is 0 Å². The first-order valence-corrected chi connectivity index (χ1v) is 6.94. The topological polar surface area (TPSA) is 49.3 Å². The van der Waals surface area contributed by atoms with Crippen LogP contribution in [-0.2, 0) is 11.3 Å². The highest BCUT2D eigenvalue weighted by atomic mass is 35.5. The molecule has 0 amide bonds. The van der Waals surface area contributed by atoms with Crippen LogP contribution in [0.5, 0.6) is 0 Å². The van der Waals surface area contributed by atoms with Gasteiger partial charge in [0.05, 0.1) is 0 Å². The maximum absolute atomic E-state index is 10.6. The van der Waals surface area contributed by atoms with Crippen LogP contribution < -0.4 is 5.32 Å². The molecule has 0 aliphatic carbocycles. The van der Waals surface area contributed by atoms with E-state index in [0.29, 0.717) is 6.42 Å². The van der Waals surface area contributed by atoms with Crippen molar-refractivity contribution >= 4 is 17.6 Å². The SMILES string of the molecule is CC(C)(CCNCc1ccc(Cl)cc1)CCC(=O)O. The van der Waals surface area contributed by atoms with Gasteiger partial charge in [0, 0.05) is 18.0 Å². The lowest BCUT2D eigenvalue weighted by Crippen LogP contribution is -2.22. The number of carboxylic acid groups (broad SMARTS) is 1. The molecule has 1 aromatic rings. The van der Waals surface area contributed by atoms with Gasteiger partial charge in [-0.25, -0.2) is 0 Å². The molecule has 0 fully saturated rings. The molecule has 1 aromatic carbocycles. The predicted octanol–water partition coefficient (Wildman–Crippen LogP) is 3.71. The van der Waals surface area contributed by atoms with Gasteiger partial charge in [-0.05, 0) is 42.5 Å². The molecular weight excluding hydrogens is 262 g/mol. The van der Waals surface area contributed by atoms with Crippen LogP contribution in [0.15, 0.2) is 24.3 Å². The molecule has 0 spiro atoms. The fourth-order valence-corrected chi connectivity index (χ4v) is 1.96. The third-order valence-corrected chi connectivity index (χ3v) is 3.49. The van der Waals surface area contributed by atoms with Crippen molar-refractivity contribution < 1.29 is 9.90 Å². The van der Waals surface area contributed by atoms with E-state index in [1.54, 1.807) is 0 Å². The number of hydrogen-bond donors (Lipinski definition) is 2. The fraction of sp³-hybridized carbons (Fsp3) is 0.533. The molecule has 0 saturated carbocycles. The van der Waals surface area contributed by atoms with Crippen LogP contribution in [-0.4, -0.2) is 17.6 Å². The van der Waals surface area contributed by atoms with Crippen LogP contribution in [0.3, 0.4) is 0 Å². The molecule has 0 aliphatic rings. The van der Waals surface area contributed by atoms with Crippen LogP contribution >= 0.6 is 11.6 Å². The van der Waals surface area contributed by atoms with E-state index in [4.69, 9.17) is 16.7 Å². The third-order valence-electron chi connectivity index (χ3n) is 3.24. The molecule has 0 unspecified atom stereocenters. The summed E-state index contributed by atoms with van der Waals surface area (Å²) in [5.74, 6) is -0.720. The largest absolute Gasteiger partial charge is 0.481 e. The van der Waals surface area contributed by atoms with Crippen molar-refractivity contribution in [2.24, 2.45) is 5.41 Å². The van der Waals surface area contributed by atoms with Crippen LogP contribution in [0.25, 0.3) is 0 Å². The summed E-state index contributed by atoms with van der Waals surface area (Å²) in [5, 5.41) is 12.8. The Labute approximate surface area is 120 Å². The average Bonchev–Trinajstić information content (AvgIpc) is 2.35. The first-order chi connectivity index (χ1) is 8.89. The van der Waals surface area contributed by atoms with Crippen molar-refractivity contribution in [3.05, 3.63) is 34.9 Å². The molecule has 0 aromatic heterocycles. The minimum absolute atomic E-state index is 0.0609. The monoisotopic (exact) mass is 283 g/mol. The van der Waals surface area contributed by atoms with Crippen molar-refractivity contribution in [1.29, 1.82) is 0 Å². The lowest BCUT2D eigenvalue weighted by Gasteiger charge is -2.23. The van der Waals surface area contributed by atoms with Gasteiger partial charge in [-0.2, -0.15) is 0 Å². The average molecular weight is 284 g/mol. The van der Waals surface area contributed by atoms with E-state index in [0.717, 1.165) is 24.5 Å². The normalized spacial score (nSPS) is 11.5. The molecule has 0 aliphatic heterocycles. The summed E-state index contributed by atoms with van der Waals surface area (Å²) in [6.45, 7) is 5.92. The second-order valence-electron chi connectivity index (χ2n) is 5.61. The maximum Gasteiger partial charge on any atom is 0.303 e. The van der Waals surface area contributed by atoms with Gasteiger partial charge in [-0.15, -0.1) is 0 Å². The Hall–Kier alpha value is -1.06. The van der Waals surface area contributed by atoms with Crippen molar-refractivity contribution in [2.75, 3.05) is 6.54 Å². The molecule has 3 nitrogen and oxygen atoms in total. The van der Waals surface area contributed by atoms with Gasteiger partial charge in [0.15, 0.2) is 0 Å². The fourth-order valence-electron chi connectivity index (χ4n) is 1.83. The minimum Gasteiger partial charge on any atom is -0.481 e. The zero-order chi connectivity index (χ0) is 14.3. The molecule has 4 heteroatoms. The van der Waals surface area contributed by atoms with Crippen LogP contribution in [0, 0.1) is 5.41 Å². The summed E-state index contributed by atoms with van der Waals surface area (Å²) in [6.07, 6.45) is 1.92. The van der Waals surface area contributed by atoms with Crippen LogP contribution in [0.4, 0.5) is 0 Å². The molecule has 0 atom stereocenters. The number of carbonyl (C=O) groups is 1. The molecule has 0 saturated heterocycles. The number of nitrogens with one attached hydrogen (secondary N) is 1. The van der Waals surface area contributed by atoms with Crippen molar-refractivity contribution in [3.8, 4) is 0 Å². The van der Waals surface area contributed by atoms with Crippen molar-refractivity contribution in [3.63, 3.8) is 0 Å². The first-order valence-electron chi connectivity index (χ1n) is 6.56. The summed E-state index contributed by atoms with van der Waals surface area (Å²) >= 11 is 5.82. The predicted molar refractivity (Wildman–Crippen MR) is 78.4 cm³/mol. The molecule has 19 heavy (non-hydrogen) atoms. The van der Waals surface area contributed by atoms with E-state index in [-0.39, 0.29) is 11.8 Å². The van der Waals surface area contributed by atoms with Gasteiger partial charge >= 0.3 is 5.97 Å². The van der Waals surface area contributed by atoms with Crippen molar-refractivity contribution in [1.82, 2.24) is 5.32 Å². The second-order valence-corrected chi connectivity index (χ2v) is 6.05. The van der Waals surface area contributed by atoms with E-state index in [9.17, 15) is 4.79 Å². The summed E-state index contributed by atoms with van der Waals surface area (Å²) < 4.78 is 0. The lowest BCUT2D eigenvalue weighted by atomic mass is 9.84. The van der Waals surface area contributed by atoms with E-state index >= 15 is 0 Å². The van der Waals surface area contributed by atoms with Crippen LogP contribution in [0.1, 0.15) is 38.7 Å². The Kier molecular flexibility index (Phi) is 6.32. The Balaban J connectivity index is 2.22. The van der Waals surface area contributed by atoms with Gasteiger partial charge in [-0.3, -0.25) is 4.79 Å². The molecule has 0 bridgehead atoms. The van der Waals surface area contributed by atoms with E-state index < -0.39 is 5.97 Å². The maximum atomic E-state index is 10.6. The van der Waals surface area contributed by atoms with E-state index in [2.05, 4.69) is 19.2 Å². The Morgan fingerprint density at radius 3 is 2.47 bits per heavy atom. The quantitative estimate of drug-likeness (QED) is 0.715.